The molecular formula is C19H25N5O4S. The van der Waals surface area contributed by atoms with Crippen molar-refractivity contribution in [1.82, 2.24) is 15.2 Å². The van der Waals surface area contributed by atoms with Crippen molar-refractivity contribution >= 4 is 34.2 Å². The summed E-state index contributed by atoms with van der Waals surface area (Å²) in [6.07, 6.45) is 0.638. The van der Waals surface area contributed by atoms with Gasteiger partial charge in [-0.15, -0.1) is 0 Å². The zero-order chi connectivity index (χ0) is 21.0. The molecule has 1 aliphatic heterocycles. The lowest BCUT2D eigenvalue weighted by Crippen LogP contribution is -2.38. The number of ether oxygens (including phenoxy) is 2. The number of urea groups is 2. The van der Waals surface area contributed by atoms with Gasteiger partial charge in [0.05, 0.1) is 26.5 Å². The van der Waals surface area contributed by atoms with Crippen LogP contribution in [0, 0.1) is 0 Å². The molecule has 3 N–H and O–H groups in total. The molecule has 0 saturated heterocycles. The first-order valence-corrected chi connectivity index (χ1v) is 10.0. The fraction of sp³-hybridized carbons (Fsp3) is 0.421. The van der Waals surface area contributed by atoms with E-state index in [2.05, 4.69) is 20.9 Å². The molecule has 0 radical (unpaired) electrons. The second-order valence-corrected chi connectivity index (χ2v) is 7.90. The molecule has 0 saturated carbocycles. The summed E-state index contributed by atoms with van der Waals surface area (Å²) in [5, 5.41) is 8.94. The van der Waals surface area contributed by atoms with Crippen LogP contribution in [0.1, 0.15) is 24.4 Å². The number of aromatic nitrogens is 1. The number of nitrogens with one attached hydrogen (secondary N) is 3. The van der Waals surface area contributed by atoms with E-state index in [0.29, 0.717) is 41.8 Å². The van der Waals surface area contributed by atoms with Crippen LogP contribution in [0.2, 0.25) is 0 Å². The highest BCUT2D eigenvalue weighted by Crippen LogP contribution is 2.31. The van der Waals surface area contributed by atoms with Gasteiger partial charge in [0.1, 0.15) is 0 Å². The fourth-order valence-electron chi connectivity index (χ4n) is 2.93. The molecule has 3 rings (SSSR count). The lowest BCUT2D eigenvalue weighted by Gasteiger charge is -2.26. The number of hydrogen-bond donors (Lipinski definition) is 3. The Morgan fingerprint density at radius 1 is 1.17 bits per heavy atom. The molecule has 10 heteroatoms. The van der Waals surface area contributed by atoms with Crippen LogP contribution < -0.4 is 25.4 Å². The van der Waals surface area contributed by atoms with Crippen LogP contribution in [0.25, 0.3) is 0 Å². The Hall–Kier alpha value is -3.01. The van der Waals surface area contributed by atoms with Gasteiger partial charge >= 0.3 is 12.1 Å². The zero-order valence-electron chi connectivity index (χ0n) is 16.9. The van der Waals surface area contributed by atoms with Crippen molar-refractivity contribution in [2.24, 2.45) is 0 Å². The van der Waals surface area contributed by atoms with Crippen LogP contribution >= 0.6 is 11.3 Å². The minimum absolute atomic E-state index is 0.0420. The van der Waals surface area contributed by atoms with E-state index in [1.807, 2.05) is 13.8 Å². The summed E-state index contributed by atoms with van der Waals surface area (Å²) >= 11 is 1.39. The number of rotatable bonds is 5. The standard InChI is InChI=1S/C19H25N5O4S/c1-11(2)20-17(25)23-18-22-13-7-8-24(10-16(13)29-18)19(26)21-12-5-6-14(27-3)15(9-12)28-4/h5-6,9,11H,7-8,10H2,1-4H3,(H,21,26)(H2,20,22,23,25). The highest BCUT2D eigenvalue weighted by molar-refractivity contribution is 7.15. The maximum absolute atomic E-state index is 12.7. The molecule has 0 atom stereocenters. The number of methoxy groups -OCH3 is 2. The molecule has 0 bridgehead atoms. The largest absolute Gasteiger partial charge is 0.493 e. The molecular weight excluding hydrogens is 394 g/mol. The van der Waals surface area contributed by atoms with Crippen LogP contribution in [0.5, 0.6) is 11.5 Å². The summed E-state index contributed by atoms with van der Waals surface area (Å²) in [6, 6.07) is 4.77. The van der Waals surface area contributed by atoms with Crippen LogP contribution in [0.4, 0.5) is 20.4 Å². The second kappa shape index (κ2) is 8.99. The van der Waals surface area contributed by atoms with Crippen LogP contribution in [-0.4, -0.2) is 48.8 Å². The molecule has 0 fully saturated rings. The van der Waals surface area contributed by atoms with Crippen molar-refractivity contribution < 1.29 is 19.1 Å². The maximum Gasteiger partial charge on any atom is 0.322 e. The Labute approximate surface area is 173 Å². The Morgan fingerprint density at radius 2 is 1.93 bits per heavy atom. The smallest absolute Gasteiger partial charge is 0.322 e. The molecule has 1 aliphatic rings. The minimum Gasteiger partial charge on any atom is -0.493 e. The molecule has 4 amide bonds. The predicted molar refractivity (Wildman–Crippen MR) is 112 cm³/mol. The highest BCUT2D eigenvalue weighted by atomic mass is 32.1. The Kier molecular flexibility index (Phi) is 6.42. The molecule has 0 unspecified atom stereocenters. The summed E-state index contributed by atoms with van der Waals surface area (Å²) < 4.78 is 10.5. The molecule has 2 heterocycles. The summed E-state index contributed by atoms with van der Waals surface area (Å²) in [6.45, 7) is 4.77. The van der Waals surface area contributed by atoms with Crippen molar-refractivity contribution in [3.05, 3.63) is 28.8 Å². The third-order valence-corrected chi connectivity index (χ3v) is 5.29. The molecule has 0 spiro atoms. The molecule has 1 aromatic carbocycles. The molecule has 0 aliphatic carbocycles. The average molecular weight is 420 g/mol. The highest BCUT2D eigenvalue weighted by Gasteiger charge is 2.25. The molecule has 156 valence electrons. The van der Waals surface area contributed by atoms with Gasteiger partial charge in [-0.3, -0.25) is 5.32 Å². The van der Waals surface area contributed by atoms with Gasteiger partial charge in [-0.25, -0.2) is 14.6 Å². The third-order valence-electron chi connectivity index (χ3n) is 4.29. The second-order valence-electron chi connectivity index (χ2n) is 6.81. The SMILES string of the molecule is COc1ccc(NC(=O)N2CCc3nc(NC(=O)NC(C)C)sc3C2)cc1OC. The zero-order valence-corrected chi connectivity index (χ0v) is 17.7. The number of thiazole rings is 1. The van der Waals surface area contributed by atoms with Crippen molar-refractivity contribution in [2.45, 2.75) is 32.9 Å². The topological polar surface area (TPSA) is 105 Å². The summed E-state index contributed by atoms with van der Waals surface area (Å²) in [7, 11) is 3.11. The number of benzene rings is 1. The number of amides is 4. The number of anilines is 2. The molecule has 29 heavy (non-hydrogen) atoms. The predicted octanol–water partition coefficient (Wildman–Crippen LogP) is 3.28. The summed E-state index contributed by atoms with van der Waals surface area (Å²) in [5.74, 6) is 1.14. The first-order valence-electron chi connectivity index (χ1n) is 9.23. The Morgan fingerprint density at radius 3 is 2.62 bits per heavy atom. The van der Waals surface area contributed by atoms with E-state index in [-0.39, 0.29) is 18.1 Å². The van der Waals surface area contributed by atoms with E-state index in [0.717, 1.165) is 10.6 Å². The van der Waals surface area contributed by atoms with E-state index in [4.69, 9.17) is 9.47 Å². The number of fused-ring (bicyclic) bond motifs is 1. The van der Waals surface area contributed by atoms with E-state index < -0.39 is 0 Å². The Balaban J connectivity index is 1.63. The van der Waals surface area contributed by atoms with Gasteiger partial charge in [0.2, 0.25) is 0 Å². The van der Waals surface area contributed by atoms with Crippen molar-refractivity contribution in [2.75, 3.05) is 31.4 Å². The normalized spacial score (nSPS) is 12.9. The van der Waals surface area contributed by atoms with Crippen LogP contribution in [-0.2, 0) is 13.0 Å². The summed E-state index contributed by atoms with van der Waals surface area (Å²) in [5.41, 5.74) is 1.54. The van der Waals surface area contributed by atoms with Crippen molar-refractivity contribution in [1.29, 1.82) is 0 Å². The van der Waals surface area contributed by atoms with Crippen LogP contribution in [0.15, 0.2) is 18.2 Å². The van der Waals surface area contributed by atoms with E-state index in [9.17, 15) is 9.59 Å². The van der Waals surface area contributed by atoms with Gasteiger partial charge in [-0.1, -0.05) is 11.3 Å². The van der Waals surface area contributed by atoms with E-state index >= 15 is 0 Å². The van der Waals surface area contributed by atoms with Gasteiger partial charge in [0.15, 0.2) is 16.6 Å². The van der Waals surface area contributed by atoms with Crippen LogP contribution in [0.3, 0.4) is 0 Å². The number of nitrogens with zero attached hydrogens (tertiary/aromatic N) is 2. The van der Waals surface area contributed by atoms with E-state index in [1.54, 1.807) is 37.3 Å². The average Bonchev–Trinajstić information content (AvgIpc) is 3.08. The summed E-state index contributed by atoms with van der Waals surface area (Å²) in [4.78, 5) is 31.7. The van der Waals surface area contributed by atoms with Crippen molar-refractivity contribution in [3.63, 3.8) is 0 Å². The first kappa shape index (κ1) is 20.7. The third kappa shape index (κ3) is 5.08. The van der Waals surface area contributed by atoms with Gasteiger partial charge in [0.25, 0.3) is 0 Å². The van der Waals surface area contributed by atoms with Gasteiger partial charge in [-0.05, 0) is 26.0 Å². The van der Waals surface area contributed by atoms with Gasteiger partial charge in [-0.2, -0.15) is 0 Å². The lowest BCUT2D eigenvalue weighted by molar-refractivity contribution is 0.207. The number of carbonyl (C=O) groups is 2. The quantitative estimate of drug-likeness (QED) is 0.690. The first-order chi connectivity index (χ1) is 13.9. The number of carbonyl (C=O) groups excluding carboxylic acids is 2. The van der Waals surface area contributed by atoms with Gasteiger partial charge < -0.3 is 25.0 Å². The maximum atomic E-state index is 12.7. The molecule has 2 aromatic rings. The monoisotopic (exact) mass is 419 g/mol. The van der Waals surface area contributed by atoms with E-state index in [1.165, 1.54) is 11.3 Å². The minimum atomic E-state index is -0.283. The fourth-order valence-corrected chi connectivity index (χ4v) is 3.95. The molecule has 9 nitrogen and oxygen atoms in total. The van der Waals surface area contributed by atoms with Gasteiger partial charge in [0, 0.05) is 35.6 Å². The Bertz CT molecular complexity index is 899. The lowest BCUT2D eigenvalue weighted by atomic mass is 10.2. The number of hydrogen-bond acceptors (Lipinski definition) is 6. The molecule has 1 aromatic heterocycles. The van der Waals surface area contributed by atoms with Crippen molar-refractivity contribution in [3.8, 4) is 11.5 Å².